The Morgan fingerprint density at radius 3 is 2.53 bits per heavy atom. The molecule has 0 radical (unpaired) electrons. The molecular weight excluding hydrogens is 182 g/mol. The first-order valence-electron chi connectivity index (χ1n) is 5.77. The minimum Gasteiger partial charge on any atom is -0.327 e. The Morgan fingerprint density at radius 1 is 1.33 bits per heavy atom. The highest BCUT2D eigenvalue weighted by Crippen LogP contribution is 2.25. The van der Waals surface area contributed by atoms with E-state index in [4.69, 9.17) is 5.73 Å². The van der Waals surface area contributed by atoms with E-state index in [0.29, 0.717) is 0 Å². The van der Waals surface area contributed by atoms with Crippen LogP contribution < -0.4 is 5.73 Å². The average molecular weight is 205 g/mol. The zero-order valence-corrected chi connectivity index (χ0v) is 10.4. The second-order valence-corrected chi connectivity index (χ2v) is 5.14. The van der Waals surface area contributed by atoms with Gasteiger partial charge in [-0.3, -0.25) is 0 Å². The van der Waals surface area contributed by atoms with Gasteiger partial charge in [-0.1, -0.05) is 50.6 Å². The van der Waals surface area contributed by atoms with Crippen molar-refractivity contribution in [3.8, 4) is 0 Å². The van der Waals surface area contributed by atoms with Crippen LogP contribution in [0.25, 0.3) is 0 Å². The molecule has 84 valence electrons. The summed E-state index contributed by atoms with van der Waals surface area (Å²) in [5.41, 5.74) is 9.13. The standard InChI is InChI=1S/C14H23N/c1-5-14(3,4)13(15)10-12-8-6-7-11(2)9-12/h6-9,13H,5,10,15H2,1-4H3. The second kappa shape index (κ2) is 4.80. The van der Waals surface area contributed by atoms with Gasteiger partial charge in [0, 0.05) is 6.04 Å². The molecule has 0 bridgehead atoms. The summed E-state index contributed by atoms with van der Waals surface area (Å²) in [6.07, 6.45) is 2.10. The van der Waals surface area contributed by atoms with Crippen LogP contribution in [0.3, 0.4) is 0 Å². The summed E-state index contributed by atoms with van der Waals surface area (Å²) in [5, 5.41) is 0. The van der Waals surface area contributed by atoms with E-state index < -0.39 is 0 Å². The highest BCUT2D eigenvalue weighted by atomic mass is 14.7. The van der Waals surface area contributed by atoms with E-state index >= 15 is 0 Å². The summed E-state index contributed by atoms with van der Waals surface area (Å²) in [5.74, 6) is 0. The van der Waals surface area contributed by atoms with Crippen molar-refractivity contribution >= 4 is 0 Å². The van der Waals surface area contributed by atoms with Crippen LogP contribution in [0.15, 0.2) is 24.3 Å². The van der Waals surface area contributed by atoms with E-state index in [-0.39, 0.29) is 11.5 Å². The van der Waals surface area contributed by atoms with Gasteiger partial charge >= 0.3 is 0 Å². The van der Waals surface area contributed by atoms with Gasteiger partial charge in [-0.25, -0.2) is 0 Å². The Labute approximate surface area is 93.7 Å². The molecule has 0 amide bonds. The molecule has 1 rings (SSSR count). The number of hydrogen-bond acceptors (Lipinski definition) is 1. The van der Waals surface area contributed by atoms with Crippen LogP contribution in [0.4, 0.5) is 0 Å². The molecule has 1 atom stereocenters. The van der Waals surface area contributed by atoms with Crippen molar-refractivity contribution in [3.63, 3.8) is 0 Å². The Hall–Kier alpha value is -0.820. The van der Waals surface area contributed by atoms with E-state index in [9.17, 15) is 0 Å². The molecule has 0 heterocycles. The van der Waals surface area contributed by atoms with Gasteiger partial charge in [0.1, 0.15) is 0 Å². The van der Waals surface area contributed by atoms with Crippen molar-refractivity contribution in [2.24, 2.45) is 11.1 Å². The molecule has 0 saturated carbocycles. The van der Waals surface area contributed by atoms with E-state index in [1.165, 1.54) is 11.1 Å². The lowest BCUT2D eigenvalue weighted by Crippen LogP contribution is -2.38. The van der Waals surface area contributed by atoms with Crippen molar-refractivity contribution < 1.29 is 0 Å². The van der Waals surface area contributed by atoms with Gasteiger partial charge in [-0.05, 0) is 30.7 Å². The molecular formula is C14H23N. The van der Waals surface area contributed by atoms with Gasteiger partial charge in [0.25, 0.3) is 0 Å². The van der Waals surface area contributed by atoms with Gasteiger partial charge < -0.3 is 5.73 Å². The first kappa shape index (κ1) is 12.3. The van der Waals surface area contributed by atoms with Crippen molar-refractivity contribution in [1.82, 2.24) is 0 Å². The maximum absolute atomic E-state index is 6.24. The molecule has 1 unspecified atom stereocenters. The van der Waals surface area contributed by atoms with E-state index in [0.717, 1.165) is 12.8 Å². The average Bonchev–Trinajstić information content (AvgIpc) is 2.17. The van der Waals surface area contributed by atoms with E-state index in [1.807, 2.05) is 0 Å². The number of benzene rings is 1. The molecule has 1 aromatic carbocycles. The molecule has 0 fully saturated rings. The van der Waals surface area contributed by atoms with Gasteiger partial charge in [-0.2, -0.15) is 0 Å². The highest BCUT2D eigenvalue weighted by Gasteiger charge is 2.24. The summed E-state index contributed by atoms with van der Waals surface area (Å²) in [6.45, 7) is 8.82. The summed E-state index contributed by atoms with van der Waals surface area (Å²) in [7, 11) is 0. The Balaban J connectivity index is 2.70. The van der Waals surface area contributed by atoms with Crippen LogP contribution in [-0.2, 0) is 6.42 Å². The Bertz CT molecular complexity index is 315. The smallest absolute Gasteiger partial charge is 0.0131 e. The Kier molecular flexibility index (Phi) is 3.92. The first-order valence-corrected chi connectivity index (χ1v) is 5.77. The second-order valence-electron chi connectivity index (χ2n) is 5.14. The lowest BCUT2D eigenvalue weighted by atomic mass is 9.79. The van der Waals surface area contributed by atoms with Crippen LogP contribution in [0.1, 0.15) is 38.3 Å². The number of aryl methyl sites for hydroxylation is 1. The van der Waals surface area contributed by atoms with Crippen LogP contribution in [0, 0.1) is 12.3 Å². The van der Waals surface area contributed by atoms with Crippen LogP contribution in [0.5, 0.6) is 0 Å². The molecule has 15 heavy (non-hydrogen) atoms. The minimum atomic E-state index is 0.226. The molecule has 0 aliphatic rings. The molecule has 1 aromatic rings. The van der Waals surface area contributed by atoms with Gasteiger partial charge in [0.2, 0.25) is 0 Å². The molecule has 0 aromatic heterocycles. The zero-order chi connectivity index (χ0) is 11.5. The van der Waals surface area contributed by atoms with E-state index in [2.05, 4.69) is 52.0 Å². The van der Waals surface area contributed by atoms with Crippen molar-refractivity contribution in [1.29, 1.82) is 0 Å². The molecule has 1 nitrogen and oxygen atoms in total. The summed E-state index contributed by atoms with van der Waals surface area (Å²) < 4.78 is 0. The lowest BCUT2D eigenvalue weighted by Gasteiger charge is -2.30. The number of rotatable bonds is 4. The molecule has 1 heteroatoms. The SMILES string of the molecule is CCC(C)(C)C(N)Cc1cccc(C)c1. The maximum Gasteiger partial charge on any atom is 0.0131 e. The maximum atomic E-state index is 6.24. The molecule has 0 saturated heterocycles. The fourth-order valence-corrected chi connectivity index (χ4v) is 1.63. The third-order valence-electron chi connectivity index (χ3n) is 3.45. The van der Waals surface area contributed by atoms with Crippen LogP contribution in [0.2, 0.25) is 0 Å². The molecule has 0 aliphatic carbocycles. The molecule has 2 N–H and O–H groups in total. The molecule has 0 aliphatic heterocycles. The lowest BCUT2D eigenvalue weighted by molar-refractivity contribution is 0.272. The fourth-order valence-electron chi connectivity index (χ4n) is 1.63. The van der Waals surface area contributed by atoms with Crippen LogP contribution >= 0.6 is 0 Å². The van der Waals surface area contributed by atoms with E-state index in [1.54, 1.807) is 0 Å². The monoisotopic (exact) mass is 205 g/mol. The predicted octanol–water partition coefficient (Wildman–Crippen LogP) is 3.30. The van der Waals surface area contributed by atoms with Gasteiger partial charge in [-0.15, -0.1) is 0 Å². The Morgan fingerprint density at radius 2 is 2.00 bits per heavy atom. The first-order chi connectivity index (χ1) is 6.95. The van der Waals surface area contributed by atoms with Gasteiger partial charge in [0.05, 0.1) is 0 Å². The van der Waals surface area contributed by atoms with Gasteiger partial charge in [0.15, 0.2) is 0 Å². The highest BCUT2D eigenvalue weighted by molar-refractivity contribution is 5.23. The number of nitrogens with two attached hydrogens (primary N) is 1. The van der Waals surface area contributed by atoms with Crippen LogP contribution in [-0.4, -0.2) is 6.04 Å². The quantitative estimate of drug-likeness (QED) is 0.802. The summed E-state index contributed by atoms with van der Waals surface area (Å²) >= 11 is 0. The topological polar surface area (TPSA) is 26.0 Å². The summed E-state index contributed by atoms with van der Waals surface area (Å²) in [6, 6.07) is 8.87. The van der Waals surface area contributed by atoms with Crippen molar-refractivity contribution in [2.75, 3.05) is 0 Å². The fraction of sp³-hybridized carbons (Fsp3) is 0.571. The largest absolute Gasteiger partial charge is 0.327 e. The number of hydrogen-bond donors (Lipinski definition) is 1. The predicted molar refractivity (Wildman–Crippen MR) is 66.9 cm³/mol. The van der Waals surface area contributed by atoms with Crippen molar-refractivity contribution in [2.45, 2.75) is 46.6 Å². The zero-order valence-electron chi connectivity index (χ0n) is 10.4. The minimum absolute atomic E-state index is 0.226. The molecule has 0 spiro atoms. The third-order valence-corrected chi connectivity index (χ3v) is 3.45. The third kappa shape index (κ3) is 3.35. The normalized spacial score (nSPS) is 13.9. The van der Waals surface area contributed by atoms with Crippen molar-refractivity contribution in [3.05, 3.63) is 35.4 Å². The summed E-state index contributed by atoms with van der Waals surface area (Å²) in [4.78, 5) is 0.